The number of halogens is 1. The highest BCUT2D eigenvalue weighted by molar-refractivity contribution is 7.98. The second kappa shape index (κ2) is 7.34. The van der Waals surface area contributed by atoms with Gasteiger partial charge in [-0.05, 0) is 43.4 Å². The lowest BCUT2D eigenvalue weighted by Gasteiger charge is -2.13. The van der Waals surface area contributed by atoms with E-state index in [0.717, 1.165) is 18.5 Å². The molecule has 2 aromatic rings. The Morgan fingerprint density at radius 2 is 2.20 bits per heavy atom. The van der Waals surface area contributed by atoms with Crippen LogP contribution in [0.25, 0.3) is 0 Å². The summed E-state index contributed by atoms with van der Waals surface area (Å²) in [5.74, 6) is 0.500. The number of carbonyl (C=O) groups excluding carboxylic acids is 1. The Hall–Kier alpha value is -2.23. The number of nitrogens with zero attached hydrogens (tertiary/aromatic N) is 2. The summed E-state index contributed by atoms with van der Waals surface area (Å²) in [6, 6.07) is 8.81. The molecule has 1 aliphatic rings. The van der Waals surface area contributed by atoms with Crippen LogP contribution in [0.3, 0.4) is 0 Å². The van der Waals surface area contributed by atoms with E-state index in [9.17, 15) is 10.1 Å². The third-order valence-electron chi connectivity index (χ3n) is 3.96. The Labute approximate surface area is 155 Å². The zero-order chi connectivity index (χ0) is 18.0. The van der Waals surface area contributed by atoms with Crippen LogP contribution in [0.2, 0.25) is 5.02 Å². The minimum Gasteiger partial charge on any atom is -0.495 e. The van der Waals surface area contributed by atoms with Crippen LogP contribution < -0.4 is 10.1 Å². The monoisotopic (exact) mass is 373 g/mol. The highest BCUT2D eigenvalue weighted by Crippen LogP contribution is 2.40. The first-order chi connectivity index (χ1) is 12.1. The molecule has 1 aliphatic carbocycles. The highest BCUT2D eigenvalue weighted by Gasteiger charge is 2.28. The molecular formula is C18H16ClN3O2S. The molecule has 0 aliphatic heterocycles. The zero-order valence-corrected chi connectivity index (χ0v) is 15.4. The Balaban J connectivity index is 2.01. The van der Waals surface area contributed by atoms with Crippen molar-refractivity contribution in [3.63, 3.8) is 0 Å². The molecule has 1 aromatic heterocycles. The van der Waals surface area contributed by atoms with Gasteiger partial charge in [-0.25, -0.2) is 4.98 Å². The second-order valence-corrected chi connectivity index (χ2v) is 6.90. The topological polar surface area (TPSA) is 75.0 Å². The van der Waals surface area contributed by atoms with Crippen LogP contribution >= 0.6 is 23.4 Å². The van der Waals surface area contributed by atoms with Crippen LogP contribution in [-0.4, -0.2) is 24.3 Å². The second-order valence-electron chi connectivity index (χ2n) is 5.66. The van der Waals surface area contributed by atoms with Crippen LogP contribution in [0.1, 0.15) is 40.4 Å². The molecule has 1 saturated carbocycles. The Kier molecular flexibility index (Phi) is 5.16. The van der Waals surface area contributed by atoms with Gasteiger partial charge in [0.1, 0.15) is 16.8 Å². The average Bonchev–Trinajstić information content (AvgIpc) is 3.45. The summed E-state index contributed by atoms with van der Waals surface area (Å²) in [5, 5.41) is 13.4. The summed E-state index contributed by atoms with van der Waals surface area (Å²) in [4.78, 5) is 17.4. The predicted molar refractivity (Wildman–Crippen MR) is 98.7 cm³/mol. The first kappa shape index (κ1) is 17.6. The fourth-order valence-electron chi connectivity index (χ4n) is 2.53. The van der Waals surface area contributed by atoms with E-state index in [4.69, 9.17) is 16.3 Å². The van der Waals surface area contributed by atoms with Gasteiger partial charge in [0.15, 0.2) is 0 Å². The maximum absolute atomic E-state index is 12.8. The van der Waals surface area contributed by atoms with E-state index in [0.29, 0.717) is 33.0 Å². The minimum atomic E-state index is -0.378. The number of nitriles is 1. The van der Waals surface area contributed by atoms with Crippen LogP contribution in [0.15, 0.2) is 29.3 Å². The molecule has 1 amide bonds. The summed E-state index contributed by atoms with van der Waals surface area (Å²) >= 11 is 7.38. The van der Waals surface area contributed by atoms with E-state index in [2.05, 4.69) is 16.4 Å². The van der Waals surface area contributed by atoms with Crippen LogP contribution in [0, 0.1) is 11.3 Å². The molecule has 0 bridgehead atoms. The SMILES string of the molecule is COc1ccc(Cl)cc1NC(=O)c1cc(C2CC2)nc(SC)c1C#N. The van der Waals surface area contributed by atoms with Gasteiger partial charge in [0.2, 0.25) is 0 Å². The molecule has 1 fully saturated rings. The Morgan fingerprint density at radius 3 is 2.80 bits per heavy atom. The molecule has 1 heterocycles. The van der Waals surface area contributed by atoms with Gasteiger partial charge in [-0.3, -0.25) is 4.79 Å². The summed E-state index contributed by atoms with van der Waals surface area (Å²) in [6.45, 7) is 0. The number of benzene rings is 1. The number of ether oxygens (including phenoxy) is 1. The number of hydrogen-bond acceptors (Lipinski definition) is 5. The van der Waals surface area contributed by atoms with E-state index in [1.807, 2.05) is 6.26 Å². The molecule has 0 atom stereocenters. The molecule has 0 saturated heterocycles. The van der Waals surface area contributed by atoms with E-state index in [1.54, 1.807) is 24.3 Å². The van der Waals surface area contributed by atoms with Crippen molar-refractivity contribution in [3.05, 3.63) is 46.1 Å². The van der Waals surface area contributed by atoms with Crippen molar-refractivity contribution in [1.29, 1.82) is 5.26 Å². The molecule has 0 radical (unpaired) electrons. The van der Waals surface area contributed by atoms with Crippen molar-refractivity contribution < 1.29 is 9.53 Å². The maximum Gasteiger partial charge on any atom is 0.257 e. The molecular weight excluding hydrogens is 358 g/mol. The van der Waals surface area contributed by atoms with Crippen molar-refractivity contribution in [3.8, 4) is 11.8 Å². The van der Waals surface area contributed by atoms with Gasteiger partial charge in [0.25, 0.3) is 5.91 Å². The number of aromatic nitrogens is 1. The largest absolute Gasteiger partial charge is 0.495 e. The number of amides is 1. The summed E-state index contributed by atoms with van der Waals surface area (Å²) in [6.07, 6.45) is 3.98. The van der Waals surface area contributed by atoms with Crippen molar-refractivity contribution in [2.24, 2.45) is 0 Å². The lowest BCUT2D eigenvalue weighted by Crippen LogP contribution is -2.16. The average molecular weight is 374 g/mol. The van der Waals surface area contributed by atoms with Gasteiger partial charge in [0.05, 0.1) is 23.9 Å². The smallest absolute Gasteiger partial charge is 0.257 e. The number of methoxy groups -OCH3 is 1. The molecule has 1 N–H and O–H groups in total. The number of hydrogen-bond donors (Lipinski definition) is 1. The molecule has 7 heteroatoms. The van der Waals surface area contributed by atoms with E-state index < -0.39 is 0 Å². The molecule has 3 rings (SSSR count). The molecule has 0 spiro atoms. The van der Waals surface area contributed by atoms with Crippen LogP contribution in [-0.2, 0) is 0 Å². The molecule has 25 heavy (non-hydrogen) atoms. The standard InChI is InChI=1S/C18H16ClN3O2S/c1-24-16-6-5-11(19)7-15(16)21-17(23)12-8-14(10-3-4-10)22-18(25-2)13(12)9-20/h5-8,10H,3-4H2,1-2H3,(H,21,23). The highest BCUT2D eigenvalue weighted by atomic mass is 35.5. The number of anilines is 1. The van der Waals surface area contributed by atoms with Crippen LogP contribution in [0.5, 0.6) is 5.75 Å². The summed E-state index contributed by atoms with van der Waals surface area (Å²) < 4.78 is 5.26. The van der Waals surface area contributed by atoms with Crippen LogP contribution in [0.4, 0.5) is 5.69 Å². The van der Waals surface area contributed by atoms with Gasteiger partial charge in [-0.1, -0.05) is 11.6 Å². The van der Waals surface area contributed by atoms with E-state index >= 15 is 0 Å². The van der Waals surface area contributed by atoms with Crippen molar-refractivity contribution >= 4 is 35.0 Å². The lowest BCUT2D eigenvalue weighted by molar-refractivity contribution is 0.102. The van der Waals surface area contributed by atoms with Crippen molar-refractivity contribution in [2.45, 2.75) is 23.8 Å². The third kappa shape index (κ3) is 3.73. The Morgan fingerprint density at radius 1 is 1.44 bits per heavy atom. The van der Waals surface area contributed by atoms with Crippen molar-refractivity contribution in [2.75, 3.05) is 18.7 Å². The van der Waals surface area contributed by atoms with E-state index in [1.165, 1.54) is 18.9 Å². The molecule has 1 aromatic carbocycles. The van der Waals surface area contributed by atoms with Gasteiger partial charge in [0, 0.05) is 16.6 Å². The third-order valence-corrected chi connectivity index (χ3v) is 4.88. The number of nitrogens with one attached hydrogen (secondary N) is 1. The maximum atomic E-state index is 12.8. The number of carbonyl (C=O) groups is 1. The van der Waals surface area contributed by atoms with E-state index in [-0.39, 0.29) is 11.5 Å². The number of rotatable bonds is 5. The zero-order valence-electron chi connectivity index (χ0n) is 13.8. The first-order valence-corrected chi connectivity index (χ1v) is 9.31. The molecule has 5 nitrogen and oxygen atoms in total. The molecule has 0 unspecified atom stereocenters. The quantitative estimate of drug-likeness (QED) is 0.783. The normalized spacial score (nSPS) is 13.2. The molecule has 128 valence electrons. The van der Waals surface area contributed by atoms with Gasteiger partial charge < -0.3 is 10.1 Å². The summed E-state index contributed by atoms with van der Waals surface area (Å²) in [7, 11) is 1.52. The fourth-order valence-corrected chi connectivity index (χ4v) is 3.26. The first-order valence-electron chi connectivity index (χ1n) is 7.71. The Bertz CT molecular complexity index is 875. The van der Waals surface area contributed by atoms with Crippen molar-refractivity contribution in [1.82, 2.24) is 4.98 Å². The summed E-state index contributed by atoms with van der Waals surface area (Å²) in [5.41, 5.74) is 1.94. The van der Waals surface area contributed by atoms with Gasteiger partial charge in [-0.2, -0.15) is 5.26 Å². The van der Waals surface area contributed by atoms with Gasteiger partial charge in [-0.15, -0.1) is 11.8 Å². The van der Waals surface area contributed by atoms with Gasteiger partial charge >= 0.3 is 0 Å². The minimum absolute atomic E-state index is 0.287. The fraction of sp³-hybridized carbons (Fsp3) is 0.278. The lowest BCUT2D eigenvalue weighted by atomic mass is 10.1. The number of thioether (sulfide) groups is 1. The number of pyridine rings is 1. The predicted octanol–water partition coefficient (Wildman–Crippen LogP) is 4.47.